The van der Waals surface area contributed by atoms with Crippen molar-refractivity contribution in [2.45, 2.75) is 40.2 Å². The lowest BCUT2D eigenvalue weighted by molar-refractivity contribution is -0.0123. The number of ether oxygens (including phenoxy) is 1. The highest BCUT2D eigenvalue weighted by molar-refractivity contribution is 5.85. The van der Waals surface area contributed by atoms with E-state index in [1.165, 1.54) is 0 Å². The van der Waals surface area contributed by atoms with Crippen molar-refractivity contribution in [1.29, 1.82) is 0 Å². The average molecular weight is 193 g/mol. The van der Waals surface area contributed by atoms with E-state index >= 15 is 0 Å². The molecule has 1 aliphatic rings. The summed E-state index contributed by atoms with van der Waals surface area (Å²) in [6.45, 7) is 8.36. The molecule has 0 spiro atoms. The number of azo groups is 1. The van der Waals surface area contributed by atoms with Crippen LogP contribution in [0, 0.1) is 11.8 Å². The third kappa shape index (κ3) is 2.72. The van der Waals surface area contributed by atoms with E-state index in [1.807, 2.05) is 0 Å². The van der Waals surface area contributed by atoms with E-state index in [0.29, 0.717) is 11.8 Å². The maximum atomic E-state index is 5.55. The second-order valence-electron chi connectivity index (χ2n) is 3.64. The van der Waals surface area contributed by atoms with E-state index in [0.717, 1.165) is 0 Å². The van der Waals surface area contributed by atoms with Crippen molar-refractivity contribution >= 4 is 12.4 Å². The van der Waals surface area contributed by atoms with Crippen molar-refractivity contribution < 1.29 is 4.74 Å². The lowest BCUT2D eigenvalue weighted by Gasteiger charge is -2.14. The van der Waals surface area contributed by atoms with Gasteiger partial charge in [0, 0.05) is 11.8 Å². The first-order chi connectivity index (χ1) is 5.11. The highest BCUT2D eigenvalue weighted by Gasteiger charge is 2.26. The maximum absolute atomic E-state index is 5.55. The van der Waals surface area contributed by atoms with Gasteiger partial charge in [-0.2, -0.15) is 10.2 Å². The Bertz CT molecular complexity index is 143. The molecule has 3 nitrogen and oxygen atoms in total. The molecule has 2 unspecified atom stereocenters. The fraction of sp³-hybridized carbons (Fsp3) is 1.00. The van der Waals surface area contributed by atoms with Gasteiger partial charge in [0.1, 0.15) is 0 Å². The van der Waals surface area contributed by atoms with Crippen LogP contribution in [0.1, 0.15) is 27.7 Å². The van der Waals surface area contributed by atoms with Gasteiger partial charge < -0.3 is 4.74 Å². The summed E-state index contributed by atoms with van der Waals surface area (Å²) in [6.07, 6.45) is -0.0233. The summed E-state index contributed by atoms with van der Waals surface area (Å²) in [5.74, 6) is 0.866. The molecule has 0 amide bonds. The lowest BCUT2D eigenvalue weighted by atomic mass is 10.2. The predicted octanol–water partition coefficient (Wildman–Crippen LogP) is 2.85. The maximum Gasteiger partial charge on any atom is 0.173 e. The zero-order valence-electron chi connectivity index (χ0n) is 8.02. The van der Waals surface area contributed by atoms with E-state index in [1.54, 1.807) is 0 Å². The average Bonchev–Trinajstić information content (AvgIpc) is 2.33. The van der Waals surface area contributed by atoms with E-state index in [4.69, 9.17) is 4.74 Å². The van der Waals surface area contributed by atoms with E-state index in [2.05, 4.69) is 37.9 Å². The Balaban J connectivity index is 0.00000121. The molecule has 0 bridgehead atoms. The van der Waals surface area contributed by atoms with Crippen molar-refractivity contribution in [2.24, 2.45) is 22.1 Å². The van der Waals surface area contributed by atoms with Crippen LogP contribution >= 0.6 is 12.4 Å². The summed E-state index contributed by atoms with van der Waals surface area (Å²) >= 11 is 0. The highest BCUT2D eigenvalue weighted by Crippen LogP contribution is 2.23. The molecule has 12 heavy (non-hydrogen) atoms. The molecule has 0 aromatic rings. The Morgan fingerprint density at radius 1 is 0.917 bits per heavy atom. The monoisotopic (exact) mass is 192 g/mol. The third-order valence-corrected chi connectivity index (χ3v) is 1.71. The van der Waals surface area contributed by atoms with Crippen molar-refractivity contribution in [1.82, 2.24) is 0 Å². The van der Waals surface area contributed by atoms with Crippen LogP contribution in [0.15, 0.2) is 10.2 Å². The molecule has 0 N–H and O–H groups in total. The van der Waals surface area contributed by atoms with Gasteiger partial charge in [0.25, 0.3) is 0 Å². The topological polar surface area (TPSA) is 34.0 Å². The molecule has 1 heterocycles. The summed E-state index contributed by atoms with van der Waals surface area (Å²) in [5, 5.41) is 8.08. The lowest BCUT2D eigenvalue weighted by Crippen LogP contribution is -2.20. The smallest absolute Gasteiger partial charge is 0.173 e. The summed E-state index contributed by atoms with van der Waals surface area (Å²) in [7, 11) is 0. The van der Waals surface area contributed by atoms with Crippen molar-refractivity contribution in [3.05, 3.63) is 0 Å². The molecular weight excluding hydrogens is 176 g/mol. The predicted molar refractivity (Wildman–Crippen MR) is 50.4 cm³/mol. The van der Waals surface area contributed by atoms with Gasteiger partial charge in [-0.05, 0) is 0 Å². The molecule has 0 radical (unpaired) electrons. The standard InChI is InChI=1S/C8H16N2O.ClH/c1-5(2)7-9-10-8(11-7)6(3)4;/h5-8H,1-4H3;1H. The minimum atomic E-state index is -0.0117. The van der Waals surface area contributed by atoms with Crippen molar-refractivity contribution in [2.75, 3.05) is 0 Å². The van der Waals surface area contributed by atoms with E-state index in [-0.39, 0.29) is 24.9 Å². The normalized spacial score (nSPS) is 28.2. The molecule has 0 saturated carbocycles. The Morgan fingerprint density at radius 2 is 1.25 bits per heavy atom. The summed E-state index contributed by atoms with van der Waals surface area (Å²) in [4.78, 5) is 0. The molecule has 1 aliphatic heterocycles. The Morgan fingerprint density at radius 3 is 1.42 bits per heavy atom. The zero-order valence-corrected chi connectivity index (χ0v) is 8.84. The number of nitrogens with zero attached hydrogens (tertiary/aromatic N) is 2. The number of hydrogen-bond donors (Lipinski definition) is 0. The molecule has 4 heteroatoms. The first-order valence-corrected chi connectivity index (χ1v) is 4.16. The van der Waals surface area contributed by atoms with Gasteiger partial charge in [0.05, 0.1) is 0 Å². The molecule has 1 rings (SSSR count). The van der Waals surface area contributed by atoms with Crippen LogP contribution < -0.4 is 0 Å². The minimum Gasteiger partial charge on any atom is -0.327 e. The fourth-order valence-corrected chi connectivity index (χ4v) is 0.910. The number of hydrogen-bond acceptors (Lipinski definition) is 3. The number of halogens is 1. The molecule has 2 atom stereocenters. The van der Waals surface area contributed by atoms with Gasteiger partial charge in [-0.25, -0.2) is 0 Å². The van der Waals surface area contributed by atoms with Gasteiger partial charge in [-0.3, -0.25) is 0 Å². The zero-order chi connectivity index (χ0) is 8.43. The number of rotatable bonds is 2. The van der Waals surface area contributed by atoms with Gasteiger partial charge in [-0.1, -0.05) is 27.7 Å². The van der Waals surface area contributed by atoms with Crippen LogP contribution in [0.4, 0.5) is 0 Å². The SMILES string of the molecule is CC(C)C1N=NC(C(C)C)O1.Cl. The van der Waals surface area contributed by atoms with Gasteiger partial charge >= 0.3 is 0 Å². The molecule has 72 valence electrons. The minimum absolute atomic E-state index is 0. The van der Waals surface area contributed by atoms with Crippen LogP contribution in [0.2, 0.25) is 0 Å². The Labute approximate surface area is 80.0 Å². The molecule has 0 aliphatic carbocycles. The summed E-state index contributed by atoms with van der Waals surface area (Å²) < 4.78 is 5.55. The second kappa shape index (κ2) is 4.77. The van der Waals surface area contributed by atoms with Gasteiger partial charge in [-0.15, -0.1) is 12.4 Å². The molecule has 0 fully saturated rings. The van der Waals surface area contributed by atoms with E-state index in [9.17, 15) is 0 Å². The quantitative estimate of drug-likeness (QED) is 0.663. The van der Waals surface area contributed by atoms with Crippen LogP contribution in [0.25, 0.3) is 0 Å². The van der Waals surface area contributed by atoms with Gasteiger partial charge in [0.2, 0.25) is 0 Å². The summed E-state index contributed by atoms with van der Waals surface area (Å²) in [6, 6.07) is 0. The molecule has 0 aromatic heterocycles. The van der Waals surface area contributed by atoms with Crippen LogP contribution in [-0.4, -0.2) is 12.5 Å². The summed E-state index contributed by atoms with van der Waals surface area (Å²) in [5.41, 5.74) is 0. The molecular formula is C8H17ClN2O. The van der Waals surface area contributed by atoms with Crippen molar-refractivity contribution in [3.8, 4) is 0 Å². The molecule has 0 aromatic carbocycles. The Kier molecular flexibility index (Phi) is 4.71. The first-order valence-electron chi connectivity index (χ1n) is 4.16. The van der Waals surface area contributed by atoms with Crippen LogP contribution in [0.5, 0.6) is 0 Å². The Hall–Kier alpha value is -0.150. The first kappa shape index (κ1) is 11.8. The fourth-order valence-electron chi connectivity index (χ4n) is 0.910. The largest absolute Gasteiger partial charge is 0.327 e. The van der Waals surface area contributed by atoms with E-state index < -0.39 is 0 Å². The van der Waals surface area contributed by atoms with Crippen molar-refractivity contribution in [3.63, 3.8) is 0 Å². The van der Waals surface area contributed by atoms with Gasteiger partial charge in [0.15, 0.2) is 12.5 Å². The van der Waals surface area contributed by atoms with Crippen LogP contribution in [0.3, 0.4) is 0 Å². The molecule has 0 saturated heterocycles. The third-order valence-electron chi connectivity index (χ3n) is 1.71. The van der Waals surface area contributed by atoms with Crippen LogP contribution in [-0.2, 0) is 4.74 Å². The second-order valence-corrected chi connectivity index (χ2v) is 3.64. The highest BCUT2D eigenvalue weighted by atomic mass is 35.5.